The standard InChI is InChI=1S/C15H16O2.C9H12O2/c1-15(2,11-3-7-13(16)8-4-11)12-5-9-14(17)10-6-12;1-2-9(10,11)8-6-4-3-5-7-8/h3-10,16-17H,1-2H3;3-7,10-11H,2H2,1H3. The van der Waals surface area contributed by atoms with Gasteiger partial charge in [0.15, 0.2) is 5.79 Å². The number of phenols is 2. The SMILES string of the molecule is CC(C)(c1ccc(O)cc1)c1ccc(O)cc1.CCC(O)(O)c1ccccc1. The van der Waals surface area contributed by atoms with Crippen molar-refractivity contribution in [3.05, 3.63) is 95.6 Å². The Kier molecular flexibility index (Phi) is 6.84. The van der Waals surface area contributed by atoms with Crippen molar-refractivity contribution in [3.8, 4) is 11.5 Å². The second kappa shape index (κ2) is 8.91. The lowest BCUT2D eigenvalue weighted by Crippen LogP contribution is -2.23. The first-order chi connectivity index (χ1) is 13.2. The maximum Gasteiger partial charge on any atom is 0.189 e. The zero-order valence-corrected chi connectivity index (χ0v) is 16.5. The van der Waals surface area contributed by atoms with Crippen LogP contribution in [0.3, 0.4) is 0 Å². The molecule has 0 unspecified atom stereocenters. The predicted octanol–water partition coefficient (Wildman–Crippen LogP) is 4.66. The third-order valence-corrected chi connectivity index (χ3v) is 4.91. The molecule has 3 aromatic carbocycles. The van der Waals surface area contributed by atoms with Gasteiger partial charge in [-0.25, -0.2) is 0 Å². The normalized spacial score (nSPS) is 11.5. The van der Waals surface area contributed by atoms with Crippen molar-refractivity contribution < 1.29 is 20.4 Å². The van der Waals surface area contributed by atoms with Crippen molar-refractivity contribution in [3.63, 3.8) is 0 Å². The van der Waals surface area contributed by atoms with E-state index in [1.165, 1.54) is 0 Å². The van der Waals surface area contributed by atoms with Crippen molar-refractivity contribution in [2.75, 3.05) is 0 Å². The van der Waals surface area contributed by atoms with Crippen LogP contribution < -0.4 is 0 Å². The van der Waals surface area contributed by atoms with Gasteiger partial charge in [-0.1, -0.05) is 75.4 Å². The van der Waals surface area contributed by atoms with Crippen molar-refractivity contribution in [2.45, 2.75) is 38.4 Å². The van der Waals surface area contributed by atoms with Crippen molar-refractivity contribution in [2.24, 2.45) is 0 Å². The minimum absolute atomic E-state index is 0.151. The summed E-state index contributed by atoms with van der Waals surface area (Å²) in [6.07, 6.45) is 0.303. The monoisotopic (exact) mass is 380 g/mol. The fourth-order valence-electron chi connectivity index (χ4n) is 2.83. The highest BCUT2D eigenvalue weighted by Crippen LogP contribution is 2.32. The lowest BCUT2D eigenvalue weighted by atomic mass is 9.78. The molecular formula is C24H28O4. The van der Waals surface area contributed by atoms with Gasteiger partial charge in [-0.15, -0.1) is 0 Å². The number of hydrogen-bond acceptors (Lipinski definition) is 4. The van der Waals surface area contributed by atoms with E-state index in [2.05, 4.69) is 13.8 Å². The molecule has 0 spiro atoms. The highest BCUT2D eigenvalue weighted by molar-refractivity contribution is 5.41. The van der Waals surface area contributed by atoms with E-state index in [-0.39, 0.29) is 16.9 Å². The molecule has 3 aromatic rings. The van der Waals surface area contributed by atoms with Crippen LogP contribution in [0.25, 0.3) is 0 Å². The van der Waals surface area contributed by atoms with Crippen LogP contribution >= 0.6 is 0 Å². The van der Waals surface area contributed by atoms with Crippen molar-refractivity contribution in [1.82, 2.24) is 0 Å². The summed E-state index contributed by atoms with van der Waals surface area (Å²) in [5, 5.41) is 37.3. The highest BCUT2D eigenvalue weighted by atomic mass is 16.5. The predicted molar refractivity (Wildman–Crippen MR) is 111 cm³/mol. The Labute approximate surface area is 166 Å². The van der Waals surface area contributed by atoms with E-state index in [0.717, 1.165) is 11.1 Å². The van der Waals surface area contributed by atoms with Gasteiger partial charge in [0.05, 0.1) is 0 Å². The van der Waals surface area contributed by atoms with Crippen LogP contribution in [0.15, 0.2) is 78.9 Å². The number of aromatic hydroxyl groups is 2. The maximum atomic E-state index is 9.35. The smallest absolute Gasteiger partial charge is 0.189 e. The molecular weight excluding hydrogens is 352 g/mol. The van der Waals surface area contributed by atoms with E-state index in [4.69, 9.17) is 0 Å². The van der Waals surface area contributed by atoms with Gasteiger partial charge < -0.3 is 20.4 Å². The molecule has 3 rings (SSSR count). The molecule has 0 aliphatic heterocycles. The fraction of sp³-hybridized carbons (Fsp3) is 0.250. The minimum Gasteiger partial charge on any atom is -0.508 e. The molecule has 0 heterocycles. The molecule has 0 saturated heterocycles. The first-order valence-electron chi connectivity index (χ1n) is 9.26. The lowest BCUT2D eigenvalue weighted by Gasteiger charge is -2.26. The Hall–Kier alpha value is -2.82. The molecule has 0 atom stereocenters. The summed E-state index contributed by atoms with van der Waals surface area (Å²) in [7, 11) is 0. The second-order valence-corrected chi connectivity index (χ2v) is 7.25. The number of phenolic OH excluding ortho intramolecular Hbond substituents is 2. The summed E-state index contributed by atoms with van der Waals surface area (Å²) in [4.78, 5) is 0. The first kappa shape index (κ1) is 21.5. The minimum atomic E-state index is -1.67. The molecule has 4 heteroatoms. The van der Waals surface area contributed by atoms with E-state index in [9.17, 15) is 20.4 Å². The molecule has 4 nitrogen and oxygen atoms in total. The van der Waals surface area contributed by atoms with Gasteiger partial charge in [0, 0.05) is 17.4 Å². The van der Waals surface area contributed by atoms with Gasteiger partial charge in [0.1, 0.15) is 11.5 Å². The number of benzene rings is 3. The molecule has 4 N–H and O–H groups in total. The van der Waals surface area contributed by atoms with Crippen LogP contribution in [0.2, 0.25) is 0 Å². The molecule has 0 fully saturated rings. The van der Waals surface area contributed by atoms with Gasteiger partial charge >= 0.3 is 0 Å². The van der Waals surface area contributed by atoms with Crippen LogP contribution in [-0.2, 0) is 11.2 Å². The van der Waals surface area contributed by atoms with Crippen molar-refractivity contribution in [1.29, 1.82) is 0 Å². The largest absolute Gasteiger partial charge is 0.508 e. The Balaban J connectivity index is 0.000000221. The van der Waals surface area contributed by atoms with E-state index < -0.39 is 5.79 Å². The molecule has 148 valence electrons. The molecule has 0 aliphatic carbocycles. The van der Waals surface area contributed by atoms with Gasteiger partial charge in [-0.05, 0) is 35.4 Å². The summed E-state index contributed by atoms with van der Waals surface area (Å²) in [5.74, 6) is -1.12. The average Bonchev–Trinajstić information content (AvgIpc) is 2.70. The number of aliphatic hydroxyl groups is 2. The van der Waals surface area contributed by atoms with Crippen molar-refractivity contribution >= 4 is 0 Å². The zero-order valence-electron chi connectivity index (χ0n) is 16.5. The van der Waals surface area contributed by atoms with E-state index in [0.29, 0.717) is 12.0 Å². The van der Waals surface area contributed by atoms with Crippen LogP contribution in [0, 0.1) is 0 Å². The Morgan fingerprint density at radius 3 is 1.36 bits per heavy atom. The van der Waals surface area contributed by atoms with E-state index >= 15 is 0 Å². The summed E-state index contributed by atoms with van der Waals surface area (Å²) < 4.78 is 0. The van der Waals surface area contributed by atoms with Gasteiger partial charge in [-0.2, -0.15) is 0 Å². The van der Waals surface area contributed by atoms with Crippen LogP contribution in [-0.4, -0.2) is 20.4 Å². The third-order valence-electron chi connectivity index (χ3n) is 4.91. The topological polar surface area (TPSA) is 80.9 Å². The quantitative estimate of drug-likeness (QED) is 0.496. The van der Waals surface area contributed by atoms with E-state index in [1.807, 2.05) is 30.3 Å². The zero-order chi connectivity index (χ0) is 20.8. The molecule has 0 aromatic heterocycles. The Bertz CT molecular complexity index is 804. The molecule has 0 radical (unpaired) electrons. The van der Waals surface area contributed by atoms with Crippen LogP contribution in [0.4, 0.5) is 0 Å². The van der Waals surface area contributed by atoms with Crippen LogP contribution in [0.5, 0.6) is 11.5 Å². The highest BCUT2D eigenvalue weighted by Gasteiger charge is 2.23. The fourth-order valence-corrected chi connectivity index (χ4v) is 2.83. The summed E-state index contributed by atoms with van der Waals surface area (Å²) >= 11 is 0. The van der Waals surface area contributed by atoms with Gasteiger partial charge in [0.25, 0.3) is 0 Å². The maximum absolute atomic E-state index is 9.35. The first-order valence-corrected chi connectivity index (χ1v) is 9.26. The van der Waals surface area contributed by atoms with Gasteiger partial charge in [-0.3, -0.25) is 0 Å². The average molecular weight is 380 g/mol. The summed E-state index contributed by atoms with van der Waals surface area (Å²) in [5.41, 5.74) is 2.64. The Morgan fingerprint density at radius 1 is 0.607 bits per heavy atom. The number of hydrogen-bond donors (Lipinski definition) is 4. The lowest BCUT2D eigenvalue weighted by molar-refractivity contribution is -0.171. The molecule has 0 bridgehead atoms. The van der Waals surface area contributed by atoms with E-state index in [1.54, 1.807) is 55.5 Å². The third kappa shape index (κ3) is 5.35. The molecule has 0 aliphatic rings. The summed E-state index contributed by atoms with van der Waals surface area (Å²) in [6.45, 7) is 5.96. The Morgan fingerprint density at radius 2 is 1.00 bits per heavy atom. The molecule has 28 heavy (non-hydrogen) atoms. The number of rotatable bonds is 4. The second-order valence-electron chi connectivity index (χ2n) is 7.25. The molecule has 0 amide bonds. The van der Waals surface area contributed by atoms with Gasteiger partial charge in [0.2, 0.25) is 0 Å². The summed E-state index contributed by atoms with van der Waals surface area (Å²) in [6, 6.07) is 23.2. The molecule has 0 saturated carbocycles. The van der Waals surface area contributed by atoms with Crippen LogP contribution in [0.1, 0.15) is 43.9 Å².